The number of benzene rings is 1. The number of rotatable bonds is 6. The maximum absolute atomic E-state index is 8.94. The summed E-state index contributed by atoms with van der Waals surface area (Å²) in [6.45, 7) is 12.6. The van der Waals surface area contributed by atoms with E-state index < -0.39 is 0 Å². The lowest BCUT2D eigenvalue weighted by Crippen LogP contribution is -2.47. The fourth-order valence-electron chi connectivity index (χ4n) is 3.03. The topological polar surface area (TPSA) is 26.7 Å². The molecule has 0 unspecified atom stereocenters. The summed E-state index contributed by atoms with van der Waals surface area (Å²) >= 11 is 0. The minimum absolute atomic E-state index is 0.301. The second-order valence-corrected chi connectivity index (χ2v) is 6.50. The molecule has 0 bridgehead atoms. The van der Waals surface area contributed by atoms with E-state index in [9.17, 15) is 0 Å². The van der Waals surface area contributed by atoms with Crippen molar-refractivity contribution in [1.82, 2.24) is 4.90 Å². The zero-order valence-corrected chi connectivity index (χ0v) is 13.8. The Morgan fingerprint density at radius 3 is 2.33 bits per heavy atom. The zero-order chi connectivity index (χ0) is 15.2. The largest absolute Gasteiger partial charge is 0.396 e. The summed E-state index contributed by atoms with van der Waals surface area (Å²) in [5.41, 5.74) is 2.90. The molecule has 1 aliphatic rings. The van der Waals surface area contributed by atoms with E-state index >= 15 is 0 Å². The van der Waals surface area contributed by atoms with E-state index in [4.69, 9.17) is 5.11 Å². The van der Waals surface area contributed by atoms with Gasteiger partial charge in [0, 0.05) is 45.0 Å². The van der Waals surface area contributed by atoms with Crippen molar-refractivity contribution in [2.24, 2.45) is 5.92 Å². The molecule has 21 heavy (non-hydrogen) atoms. The molecule has 0 aliphatic carbocycles. The fraction of sp³-hybridized carbons (Fsp3) is 0.667. The summed E-state index contributed by atoms with van der Waals surface area (Å²) in [6, 6.07) is 8.88. The average Bonchev–Trinajstić information content (AvgIpc) is 2.52. The third-order valence-electron chi connectivity index (χ3n) is 4.77. The van der Waals surface area contributed by atoms with Crippen molar-refractivity contribution in [3.63, 3.8) is 0 Å². The van der Waals surface area contributed by atoms with Crippen LogP contribution in [-0.4, -0.2) is 49.3 Å². The molecule has 1 aliphatic heterocycles. The molecule has 0 spiro atoms. The highest BCUT2D eigenvalue weighted by Gasteiger charge is 2.21. The van der Waals surface area contributed by atoms with Crippen molar-refractivity contribution in [2.75, 3.05) is 44.2 Å². The highest BCUT2D eigenvalue weighted by Crippen LogP contribution is 2.32. The number of para-hydroxylation sites is 1. The third kappa shape index (κ3) is 4.21. The van der Waals surface area contributed by atoms with Gasteiger partial charge in [0.25, 0.3) is 0 Å². The van der Waals surface area contributed by atoms with Gasteiger partial charge in [-0.15, -0.1) is 0 Å². The number of anilines is 1. The first-order valence-electron chi connectivity index (χ1n) is 8.30. The number of hydrogen-bond donors (Lipinski definition) is 1. The zero-order valence-electron chi connectivity index (χ0n) is 13.8. The van der Waals surface area contributed by atoms with Crippen LogP contribution in [0.15, 0.2) is 24.3 Å². The van der Waals surface area contributed by atoms with Gasteiger partial charge in [-0.25, -0.2) is 0 Å². The molecule has 118 valence electrons. The van der Waals surface area contributed by atoms with Crippen LogP contribution in [0.25, 0.3) is 0 Å². The van der Waals surface area contributed by atoms with Crippen molar-refractivity contribution >= 4 is 5.69 Å². The van der Waals surface area contributed by atoms with Gasteiger partial charge in [-0.2, -0.15) is 0 Å². The maximum atomic E-state index is 8.94. The molecule has 0 saturated carbocycles. The number of hydrogen-bond acceptors (Lipinski definition) is 3. The van der Waals surface area contributed by atoms with E-state index in [1.165, 1.54) is 11.3 Å². The van der Waals surface area contributed by atoms with E-state index in [1.807, 2.05) is 0 Å². The Kier molecular flexibility index (Phi) is 6.07. The van der Waals surface area contributed by atoms with E-state index in [2.05, 4.69) is 54.8 Å². The van der Waals surface area contributed by atoms with Gasteiger partial charge in [-0.05, 0) is 29.9 Å². The predicted octanol–water partition coefficient (Wildman–Crippen LogP) is 2.95. The Morgan fingerprint density at radius 2 is 1.71 bits per heavy atom. The number of nitrogens with zero attached hydrogens (tertiary/aromatic N) is 2. The Morgan fingerprint density at radius 1 is 1.05 bits per heavy atom. The van der Waals surface area contributed by atoms with Gasteiger partial charge in [0.2, 0.25) is 0 Å². The molecule has 1 N–H and O–H groups in total. The van der Waals surface area contributed by atoms with E-state index in [0.717, 1.165) is 39.1 Å². The molecule has 2 rings (SSSR count). The highest BCUT2D eigenvalue weighted by molar-refractivity contribution is 5.55. The van der Waals surface area contributed by atoms with E-state index in [0.29, 0.717) is 18.4 Å². The van der Waals surface area contributed by atoms with Gasteiger partial charge >= 0.3 is 0 Å². The first-order valence-corrected chi connectivity index (χ1v) is 8.30. The van der Waals surface area contributed by atoms with Gasteiger partial charge in [-0.1, -0.05) is 39.0 Å². The molecule has 1 aromatic rings. The molecule has 3 heteroatoms. The van der Waals surface area contributed by atoms with Crippen molar-refractivity contribution in [3.05, 3.63) is 29.8 Å². The van der Waals surface area contributed by atoms with Gasteiger partial charge in [-0.3, -0.25) is 4.90 Å². The molecule has 1 saturated heterocycles. The normalized spacial score (nSPS) is 18.2. The van der Waals surface area contributed by atoms with Gasteiger partial charge in [0.1, 0.15) is 0 Å². The molecule has 3 nitrogen and oxygen atoms in total. The summed E-state index contributed by atoms with van der Waals surface area (Å²) in [5, 5.41) is 8.94. The Balaban J connectivity index is 2.03. The highest BCUT2D eigenvalue weighted by atomic mass is 16.3. The number of aliphatic hydroxyl groups is 1. The van der Waals surface area contributed by atoms with Crippen LogP contribution in [0.4, 0.5) is 5.69 Å². The first kappa shape index (κ1) is 16.3. The molecule has 0 aromatic heterocycles. The van der Waals surface area contributed by atoms with Crippen LogP contribution in [0.5, 0.6) is 0 Å². The van der Waals surface area contributed by atoms with Crippen LogP contribution in [0, 0.1) is 5.92 Å². The van der Waals surface area contributed by atoms with E-state index in [-0.39, 0.29) is 0 Å². The molecule has 0 radical (unpaired) electrons. The Labute approximate surface area is 129 Å². The maximum Gasteiger partial charge on any atom is 0.0443 e. The molecule has 1 heterocycles. The number of aliphatic hydroxyl groups excluding tert-OH is 1. The smallest absolute Gasteiger partial charge is 0.0443 e. The van der Waals surface area contributed by atoms with Crippen LogP contribution < -0.4 is 4.90 Å². The minimum Gasteiger partial charge on any atom is -0.396 e. The third-order valence-corrected chi connectivity index (χ3v) is 4.77. The van der Waals surface area contributed by atoms with Crippen LogP contribution in [0.1, 0.15) is 38.7 Å². The molecule has 1 aromatic carbocycles. The monoisotopic (exact) mass is 290 g/mol. The first-order chi connectivity index (χ1) is 10.1. The van der Waals surface area contributed by atoms with Crippen molar-refractivity contribution in [1.29, 1.82) is 0 Å². The Bertz CT molecular complexity index is 425. The predicted molar refractivity (Wildman–Crippen MR) is 90.1 cm³/mol. The van der Waals surface area contributed by atoms with Crippen molar-refractivity contribution in [3.8, 4) is 0 Å². The molecule has 0 amide bonds. The van der Waals surface area contributed by atoms with Gasteiger partial charge < -0.3 is 10.0 Å². The minimum atomic E-state index is 0.301. The summed E-state index contributed by atoms with van der Waals surface area (Å²) in [4.78, 5) is 4.99. The second kappa shape index (κ2) is 7.81. The quantitative estimate of drug-likeness (QED) is 0.872. The fourth-order valence-corrected chi connectivity index (χ4v) is 3.03. The number of piperazine rings is 1. The SMILES string of the molecule is CC(C)[C@H](C)c1ccccc1N1CCN(CCCO)CC1. The summed E-state index contributed by atoms with van der Waals surface area (Å²) in [7, 11) is 0. The lowest BCUT2D eigenvalue weighted by Gasteiger charge is -2.38. The molecular weight excluding hydrogens is 260 g/mol. The summed E-state index contributed by atoms with van der Waals surface area (Å²) in [5.74, 6) is 1.26. The van der Waals surface area contributed by atoms with Gasteiger partial charge in [0.05, 0.1) is 0 Å². The summed E-state index contributed by atoms with van der Waals surface area (Å²) < 4.78 is 0. The van der Waals surface area contributed by atoms with Crippen LogP contribution >= 0.6 is 0 Å². The van der Waals surface area contributed by atoms with Crippen molar-refractivity contribution in [2.45, 2.75) is 33.1 Å². The van der Waals surface area contributed by atoms with E-state index in [1.54, 1.807) is 0 Å². The van der Waals surface area contributed by atoms with Crippen LogP contribution in [-0.2, 0) is 0 Å². The molecular formula is C18H30N2O. The molecule has 1 atom stereocenters. The van der Waals surface area contributed by atoms with Crippen LogP contribution in [0.2, 0.25) is 0 Å². The van der Waals surface area contributed by atoms with Crippen molar-refractivity contribution < 1.29 is 5.11 Å². The Hall–Kier alpha value is -1.06. The summed E-state index contributed by atoms with van der Waals surface area (Å²) in [6.07, 6.45) is 0.890. The standard InChI is InChI=1S/C18H30N2O/c1-15(2)16(3)17-7-4-5-8-18(17)20-12-10-19(11-13-20)9-6-14-21/h4-5,7-8,15-16,21H,6,9-14H2,1-3H3/t16-/m0/s1. The lowest BCUT2D eigenvalue weighted by atomic mass is 9.89. The van der Waals surface area contributed by atoms with Crippen LogP contribution in [0.3, 0.4) is 0 Å². The van der Waals surface area contributed by atoms with Gasteiger partial charge in [0.15, 0.2) is 0 Å². The molecule has 1 fully saturated rings. The average molecular weight is 290 g/mol. The second-order valence-electron chi connectivity index (χ2n) is 6.50. The lowest BCUT2D eigenvalue weighted by molar-refractivity contribution is 0.216.